The molecule has 8 nitrogen and oxygen atoms in total. The summed E-state index contributed by atoms with van der Waals surface area (Å²) in [6.07, 6.45) is 4.27. The molecule has 0 saturated carbocycles. The Morgan fingerprint density at radius 2 is 2.07 bits per heavy atom. The molecule has 28 heavy (non-hydrogen) atoms. The molecule has 0 unspecified atom stereocenters. The van der Waals surface area contributed by atoms with Crippen molar-refractivity contribution in [2.24, 2.45) is 0 Å². The number of rotatable bonds is 4. The molecule has 2 saturated heterocycles. The van der Waals surface area contributed by atoms with E-state index in [0.29, 0.717) is 24.9 Å². The standard InChI is InChI=1S/C20H27N5O3/c1-14(2)18-22-19(28-23-18)15-6-7-17(21-13-15)24-8-4-9-25(11-10-24)20(26)16-5-3-12-27-16/h6-7,13-14,16H,3-5,8-12H2,1-2H3/t16-/m1/s1. The summed E-state index contributed by atoms with van der Waals surface area (Å²) in [5.74, 6) is 2.45. The van der Waals surface area contributed by atoms with Gasteiger partial charge < -0.3 is 19.1 Å². The lowest BCUT2D eigenvalue weighted by Gasteiger charge is -2.24. The largest absolute Gasteiger partial charge is 0.368 e. The van der Waals surface area contributed by atoms with Gasteiger partial charge >= 0.3 is 0 Å². The van der Waals surface area contributed by atoms with Crippen LogP contribution in [-0.4, -0.2) is 64.8 Å². The molecular formula is C20H27N5O3. The van der Waals surface area contributed by atoms with E-state index >= 15 is 0 Å². The Hall–Kier alpha value is -2.48. The topological polar surface area (TPSA) is 84.6 Å². The van der Waals surface area contributed by atoms with E-state index in [1.165, 1.54) is 0 Å². The molecule has 8 heteroatoms. The van der Waals surface area contributed by atoms with Crippen molar-refractivity contribution in [1.82, 2.24) is 20.0 Å². The first-order valence-corrected chi connectivity index (χ1v) is 10.1. The smallest absolute Gasteiger partial charge is 0.259 e. The summed E-state index contributed by atoms with van der Waals surface area (Å²) in [5.41, 5.74) is 0.813. The summed E-state index contributed by atoms with van der Waals surface area (Å²) >= 11 is 0. The van der Waals surface area contributed by atoms with Crippen LogP contribution in [0, 0.1) is 0 Å². The number of carbonyl (C=O) groups excluding carboxylic acids is 1. The van der Waals surface area contributed by atoms with Crippen molar-refractivity contribution < 1.29 is 14.1 Å². The van der Waals surface area contributed by atoms with Crippen molar-refractivity contribution in [3.63, 3.8) is 0 Å². The van der Waals surface area contributed by atoms with Crippen molar-refractivity contribution in [2.75, 3.05) is 37.7 Å². The number of hydrogen-bond donors (Lipinski definition) is 0. The normalized spacial score (nSPS) is 20.6. The minimum absolute atomic E-state index is 0.139. The highest BCUT2D eigenvalue weighted by atomic mass is 16.5. The van der Waals surface area contributed by atoms with Gasteiger partial charge in [-0.05, 0) is 31.4 Å². The SMILES string of the molecule is CC(C)c1noc(-c2ccc(N3CCCN(C(=O)[C@H]4CCCO4)CC3)nc2)n1. The van der Waals surface area contributed by atoms with Gasteiger partial charge in [0, 0.05) is 44.9 Å². The molecule has 2 fully saturated rings. The van der Waals surface area contributed by atoms with Gasteiger partial charge in [0.25, 0.3) is 11.8 Å². The first-order chi connectivity index (χ1) is 13.6. The van der Waals surface area contributed by atoms with Crippen molar-refractivity contribution in [3.8, 4) is 11.5 Å². The number of nitrogens with zero attached hydrogens (tertiary/aromatic N) is 5. The van der Waals surface area contributed by atoms with Gasteiger partial charge in [0.1, 0.15) is 11.9 Å². The fourth-order valence-electron chi connectivity index (χ4n) is 3.63. The highest BCUT2D eigenvalue weighted by Gasteiger charge is 2.29. The molecule has 0 aliphatic carbocycles. The van der Waals surface area contributed by atoms with Crippen LogP contribution in [0.15, 0.2) is 22.9 Å². The van der Waals surface area contributed by atoms with E-state index in [1.807, 2.05) is 30.9 Å². The highest BCUT2D eigenvalue weighted by Crippen LogP contribution is 2.22. The van der Waals surface area contributed by atoms with E-state index in [9.17, 15) is 4.79 Å². The van der Waals surface area contributed by atoms with Gasteiger partial charge in [-0.3, -0.25) is 4.79 Å². The molecule has 2 aromatic heterocycles. The quantitative estimate of drug-likeness (QED) is 0.799. The van der Waals surface area contributed by atoms with E-state index in [4.69, 9.17) is 9.26 Å². The van der Waals surface area contributed by atoms with Crippen molar-refractivity contribution >= 4 is 11.7 Å². The molecule has 150 valence electrons. The molecule has 1 atom stereocenters. The first-order valence-electron chi connectivity index (χ1n) is 10.1. The molecule has 2 aliphatic heterocycles. The maximum atomic E-state index is 12.6. The molecule has 0 bridgehead atoms. The van der Waals surface area contributed by atoms with Crippen LogP contribution in [0.25, 0.3) is 11.5 Å². The molecular weight excluding hydrogens is 358 g/mol. The minimum atomic E-state index is -0.242. The Balaban J connectivity index is 1.39. The maximum Gasteiger partial charge on any atom is 0.259 e. The maximum absolute atomic E-state index is 12.6. The first kappa shape index (κ1) is 18.9. The number of aromatic nitrogens is 3. The number of hydrogen-bond acceptors (Lipinski definition) is 7. The predicted octanol–water partition coefficient (Wildman–Crippen LogP) is 2.47. The van der Waals surface area contributed by atoms with Gasteiger partial charge in [0.2, 0.25) is 0 Å². The van der Waals surface area contributed by atoms with Crippen LogP contribution in [0.5, 0.6) is 0 Å². The van der Waals surface area contributed by atoms with Crippen LogP contribution in [0.4, 0.5) is 5.82 Å². The molecule has 1 amide bonds. The second-order valence-electron chi connectivity index (χ2n) is 7.69. The third kappa shape index (κ3) is 4.01. The van der Waals surface area contributed by atoms with Crippen LogP contribution < -0.4 is 4.90 Å². The Kier molecular flexibility index (Phi) is 5.57. The summed E-state index contributed by atoms with van der Waals surface area (Å²) in [7, 11) is 0. The number of carbonyl (C=O) groups is 1. The second-order valence-corrected chi connectivity index (χ2v) is 7.69. The summed E-state index contributed by atoms with van der Waals surface area (Å²) in [5, 5.41) is 4.00. The van der Waals surface area contributed by atoms with Gasteiger partial charge in [-0.2, -0.15) is 4.98 Å². The van der Waals surface area contributed by atoms with E-state index in [-0.39, 0.29) is 17.9 Å². The van der Waals surface area contributed by atoms with Gasteiger partial charge in [0.05, 0.1) is 5.56 Å². The van der Waals surface area contributed by atoms with Crippen molar-refractivity contribution in [2.45, 2.75) is 45.1 Å². The van der Waals surface area contributed by atoms with Gasteiger partial charge in [0.15, 0.2) is 5.82 Å². The molecule has 2 aliphatic rings. The molecule has 0 radical (unpaired) electrons. The van der Waals surface area contributed by atoms with Gasteiger partial charge in [-0.15, -0.1) is 0 Å². The summed E-state index contributed by atoms with van der Waals surface area (Å²) in [6, 6.07) is 3.94. The van der Waals surface area contributed by atoms with Gasteiger partial charge in [-0.25, -0.2) is 4.98 Å². The average Bonchev–Trinajstić information content (AvgIpc) is 3.36. The monoisotopic (exact) mass is 385 g/mol. The average molecular weight is 385 g/mol. The second kappa shape index (κ2) is 8.26. The van der Waals surface area contributed by atoms with Crippen molar-refractivity contribution in [1.29, 1.82) is 0 Å². The molecule has 4 heterocycles. The Morgan fingerprint density at radius 3 is 2.75 bits per heavy atom. The molecule has 4 rings (SSSR count). The van der Waals surface area contributed by atoms with Crippen LogP contribution in [0.2, 0.25) is 0 Å². The fraction of sp³-hybridized carbons (Fsp3) is 0.600. The summed E-state index contributed by atoms with van der Waals surface area (Å²) < 4.78 is 10.9. The number of pyridine rings is 1. The number of ether oxygens (including phenoxy) is 1. The molecule has 0 aromatic carbocycles. The molecule has 0 spiro atoms. The lowest BCUT2D eigenvalue weighted by atomic mass is 10.2. The van der Waals surface area contributed by atoms with E-state index in [0.717, 1.165) is 50.3 Å². The van der Waals surface area contributed by atoms with Crippen LogP contribution in [0.3, 0.4) is 0 Å². The number of amides is 1. The third-order valence-electron chi connectivity index (χ3n) is 5.29. The minimum Gasteiger partial charge on any atom is -0.368 e. The third-order valence-corrected chi connectivity index (χ3v) is 5.29. The number of anilines is 1. The van der Waals surface area contributed by atoms with E-state index < -0.39 is 0 Å². The lowest BCUT2D eigenvalue weighted by Crippen LogP contribution is -2.41. The van der Waals surface area contributed by atoms with E-state index in [1.54, 1.807) is 6.20 Å². The zero-order valence-corrected chi connectivity index (χ0v) is 16.5. The zero-order valence-electron chi connectivity index (χ0n) is 16.5. The van der Waals surface area contributed by atoms with E-state index in [2.05, 4.69) is 20.0 Å². The highest BCUT2D eigenvalue weighted by molar-refractivity contribution is 5.81. The van der Waals surface area contributed by atoms with Gasteiger partial charge in [-0.1, -0.05) is 19.0 Å². The Labute approximate surface area is 164 Å². The van der Waals surface area contributed by atoms with Crippen LogP contribution in [0.1, 0.15) is 44.9 Å². The summed E-state index contributed by atoms with van der Waals surface area (Å²) in [6.45, 7) is 7.87. The molecule has 2 aromatic rings. The fourth-order valence-corrected chi connectivity index (χ4v) is 3.63. The van der Waals surface area contributed by atoms with Crippen LogP contribution in [-0.2, 0) is 9.53 Å². The van der Waals surface area contributed by atoms with Crippen LogP contribution >= 0.6 is 0 Å². The van der Waals surface area contributed by atoms with Crippen molar-refractivity contribution in [3.05, 3.63) is 24.2 Å². The summed E-state index contributed by atoms with van der Waals surface area (Å²) in [4.78, 5) is 25.8. The Bertz CT molecular complexity index is 798. The Morgan fingerprint density at radius 1 is 1.18 bits per heavy atom. The molecule has 0 N–H and O–H groups in total. The zero-order chi connectivity index (χ0) is 19.5. The lowest BCUT2D eigenvalue weighted by molar-refractivity contribution is -0.140. The predicted molar refractivity (Wildman–Crippen MR) is 104 cm³/mol.